The van der Waals surface area contributed by atoms with Crippen LogP contribution in [0.5, 0.6) is 0 Å². The third kappa shape index (κ3) is 6.51. The van der Waals surface area contributed by atoms with Crippen LogP contribution in [0.2, 0.25) is 0 Å². The van der Waals surface area contributed by atoms with E-state index in [2.05, 4.69) is 6.26 Å². The first kappa shape index (κ1) is 11.1. The lowest BCUT2D eigenvalue weighted by Gasteiger charge is -1.95. The molecule has 11 heavy (non-hydrogen) atoms. The molecule has 0 radical (unpaired) electrons. The summed E-state index contributed by atoms with van der Waals surface area (Å²) in [4.78, 5) is 10.4. The molecule has 0 saturated carbocycles. The molecule has 64 valence electrons. The van der Waals surface area contributed by atoms with Gasteiger partial charge in [-0.1, -0.05) is 6.08 Å². The lowest BCUT2D eigenvalue weighted by Crippen LogP contribution is -1.88. The third-order valence-corrected chi connectivity index (χ3v) is 2.46. The maximum absolute atomic E-state index is 10.4. The van der Waals surface area contributed by atoms with Gasteiger partial charge in [0.15, 0.2) is 0 Å². The van der Waals surface area contributed by atoms with Crippen LogP contribution in [0.4, 0.5) is 0 Å². The largest absolute Gasteiger partial charge is 0.298 e. The number of hydrogen-bond donors (Lipinski definition) is 0. The Hall–Kier alpha value is 0.110. The zero-order valence-electron chi connectivity index (χ0n) is 7.00. The predicted molar refractivity (Wildman–Crippen MR) is 55.5 cm³/mol. The van der Waals surface area contributed by atoms with E-state index >= 15 is 0 Å². The van der Waals surface area contributed by atoms with Crippen molar-refractivity contribution in [2.24, 2.45) is 0 Å². The number of carbonyl (C=O) groups is 1. The van der Waals surface area contributed by atoms with Crippen molar-refractivity contribution in [3.05, 3.63) is 11.6 Å². The molecule has 0 aromatic rings. The number of rotatable bonds is 6. The van der Waals surface area contributed by atoms with E-state index in [-0.39, 0.29) is 0 Å². The second-order valence-corrected chi connectivity index (χ2v) is 3.96. The topological polar surface area (TPSA) is 17.1 Å². The van der Waals surface area contributed by atoms with E-state index < -0.39 is 0 Å². The fourth-order valence-electron chi connectivity index (χ4n) is 0.670. The summed E-state index contributed by atoms with van der Waals surface area (Å²) in [7, 11) is 0. The summed E-state index contributed by atoms with van der Waals surface area (Å²) < 4.78 is 0. The Labute approximate surface area is 77.0 Å². The first-order valence-electron chi connectivity index (χ1n) is 3.47. The Bertz CT molecular complexity index is 132. The van der Waals surface area contributed by atoms with Gasteiger partial charge in [-0.15, -0.1) is 0 Å². The number of carbonyl (C=O) groups excluding carboxylic acids is 1. The summed E-state index contributed by atoms with van der Waals surface area (Å²) >= 11 is 3.49. The Balaban J connectivity index is 3.61. The molecule has 0 spiro atoms. The maximum atomic E-state index is 10.4. The van der Waals surface area contributed by atoms with E-state index in [4.69, 9.17) is 0 Å². The van der Waals surface area contributed by atoms with E-state index in [1.54, 1.807) is 23.5 Å². The second kappa shape index (κ2) is 8.21. The van der Waals surface area contributed by atoms with Crippen LogP contribution in [-0.4, -0.2) is 30.3 Å². The zero-order chi connectivity index (χ0) is 8.53. The molecule has 0 N–H and O–H groups in total. The van der Waals surface area contributed by atoms with Gasteiger partial charge in [0.2, 0.25) is 0 Å². The summed E-state index contributed by atoms with van der Waals surface area (Å²) in [5.41, 5.74) is 0.923. The minimum atomic E-state index is 0.845. The van der Waals surface area contributed by atoms with Gasteiger partial charge in [0.05, 0.1) is 0 Å². The van der Waals surface area contributed by atoms with Crippen LogP contribution in [0.1, 0.15) is 6.42 Å². The highest BCUT2D eigenvalue weighted by Crippen LogP contribution is 2.04. The van der Waals surface area contributed by atoms with Gasteiger partial charge in [0.1, 0.15) is 6.29 Å². The normalized spacial score (nSPS) is 11.6. The van der Waals surface area contributed by atoms with Gasteiger partial charge >= 0.3 is 0 Å². The van der Waals surface area contributed by atoms with Crippen molar-refractivity contribution >= 4 is 29.8 Å². The maximum Gasteiger partial charge on any atom is 0.146 e. The van der Waals surface area contributed by atoms with E-state index in [9.17, 15) is 4.79 Å². The molecule has 0 saturated heterocycles. The molecule has 0 fully saturated rings. The van der Waals surface area contributed by atoms with E-state index in [0.717, 1.165) is 29.8 Å². The summed E-state index contributed by atoms with van der Waals surface area (Å²) in [5.74, 6) is 1.95. The molecule has 3 heteroatoms. The summed E-state index contributed by atoms with van der Waals surface area (Å²) in [6, 6.07) is 0. The predicted octanol–water partition coefficient (Wildman–Crippen LogP) is 2.23. The molecule has 0 amide bonds. The highest BCUT2D eigenvalue weighted by atomic mass is 32.2. The van der Waals surface area contributed by atoms with Crippen molar-refractivity contribution in [2.75, 3.05) is 24.0 Å². The fourth-order valence-corrected chi connectivity index (χ4v) is 1.54. The van der Waals surface area contributed by atoms with Crippen LogP contribution >= 0.6 is 23.5 Å². The molecule has 0 heterocycles. The lowest BCUT2D eigenvalue weighted by molar-refractivity contribution is -0.104. The average Bonchev–Trinajstić information content (AvgIpc) is 2.03. The van der Waals surface area contributed by atoms with Crippen LogP contribution in [0.3, 0.4) is 0 Å². The quantitative estimate of drug-likeness (QED) is 0.363. The van der Waals surface area contributed by atoms with Crippen molar-refractivity contribution in [2.45, 2.75) is 6.42 Å². The Kier molecular flexibility index (Phi) is 8.29. The zero-order valence-corrected chi connectivity index (χ0v) is 8.63. The van der Waals surface area contributed by atoms with Gasteiger partial charge in [0.25, 0.3) is 0 Å². The smallest absolute Gasteiger partial charge is 0.146 e. The first-order valence-corrected chi connectivity index (χ1v) is 6.26. The minimum Gasteiger partial charge on any atom is -0.298 e. The summed E-state index contributed by atoms with van der Waals surface area (Å²) in [6.07, 6.45) is 8.07. The van der Waals surface area contributed by atoms with Gasteiger partial charge in [-0.3, -0.25) is 4.79 Å². The number of aldehydes is 1. The molecule has 0 unspecified atom stereocenters. The van der Waals surface area contributed by atoms with Gasteiger partial charge in [-0.05, 0) is 30.3 Å². The van der Waals surface area contributed by atoms with Crippen molar-refractivity contribution in [1.29, 1.82) is 0 Å². The molecular weight excluding hydrogens is 176 g/mol. The van der Waals surface area contributed by atoms with E-state index in [0.29, 0.717) is 0 Å². The minimum absolute atomic E-state index is 0.845. The van der Waals surface area contributed by atoms with Crippen molar-refractivity contribution < 1.29 is 4.79 Å². The summed E-state index contributed by atoms with van der Waals surface area (Å²) in [5, 5.41) is 0. The van der Waals surface area contributed by atoms with Crippen molar-refractivity contribution in [3.8, 4) is 0 Å². The van der Waals surface area contributed by atoms with Gasteiger partial charge in [0, 0.05) is 5.75 Å². The van der Waals surface area contributed by atoms with Gasteiger partial charge in [-0.25, -0.2) is 0 Å². The first-order chi connectivity index (χ1) is 5.35. The van der Waals surface area contributed by atoms with Crippen LogP contribution in [0, 0.1) is 0 Å². The molecule has 0 atom stereocenters. The monoisotopic (exact) mass is 190 g/mol. The Morgan fingerprint density at radius 1 is 1.36 bits per heavy atom. The molecule has 0 aliphatic heterocycles. The van der Waals surface area contributed by atoms with Crippen LogP contribution < -0.4 is 0 Å². The number of allylic oxidation sites excluding steroid dienone is 1. The molecule has 0 rings (SSSR count). The molecule has 0 aliphatic rings. The molecule has 0 bridgehead atoms. The lowest BCUT2D eigenvalue weighted by atomic mass is 10.3. The van der Waals surface area contributed by atoms with Crippen LogP contribution in [-0.2, 0) is 4.79 Å². The molecule has 0 aromatic heterocycles. The highest BCUT2D eigenvalue weighted by Gasteiger charge is 1.91. The number of thioether (sulfide) groups is 2. The Morgan fingerprint density at radius 3 is 2.55 bits per heavy atom. The van der Waals surface area contributed by atoms with Crippen molar-refractivity contribution in [3.63, 3.8) is 0 Å². The molecular formula is C8H14OS2. The molecule has 0 aliphatic carbocycles. The van der Waals surface area contributed by atoms with Gasteiger partial charge in [-0.2, -0.15) is 23.5 Å². The Morgan fingerprint density at radius 2 is 2.09 bits per heavy atom. The molecule has 1 nitrogen and oxygen atoms in total. The van der Waals surface area contributed by atoms with E-state index in [1.807, 2.05) is 12.3 Å². The fraction of sp³-hybridized carbons (Fsp3) is 0.625. The highest BCUT2D eigenvalue weighted by molar-refractivity contribution is 7.98. The van der Waals surface area contributed by atoms with E-state index in [1.165, 1.54) is 0 Å². The van der Waals surface area contributed by atoms with Crippen molar-refractivity contribution in [1.82, 2.24) is 0 Å². The van der Waals surface area contributed by atoms with Crippen LogP contribution in [0.25, 0.3) is 0 Å². The van der Waals surface area contributed by atoms with Gasteiger partial charge < -0.3 is 0 Å². The second-order valence-electron chi connectivity index (χ2n) is 2.11. The standard InChI is InChI=1S/C8H14OS2/c1-10-5-3-4-8(6-9)7-11-2/h4,6H,3,5,7H2,1-2H3. The third-order valence-electron chi connectivity index (χ3n) is 1.19. The SMILES string of the molecule is CSCCC=C(C=O)CSC. The summed E-state index contributed by atoms with van der Waals surface area (Å²) in [6.45, 7) is 0. The molecule has 0 aromatic carbocycles. The number of hydrogen-bond acceptors (Lipinski definition) is 3. The van der Waals surface area contributed by atoms with Crippen LogP contribution in [0.15, 0.2) is 11.6 Å². The average molecular weight is 190 g/mol.